The minimum Gasteiger partial charge on any atom is -0.322 e. The summed E-state index contributed by atoms with van der Waals surface area (Å²) in [6.07, 6.45) is 4.00. The zero-order chi connectivity index (χ0) is 18.6. The van der Waals surface area contributed by atoms with E-state index in [4.69, 9.17) is 0 Å². The highest BCUT2D eigenvalue weighted by molar-refractivity contribution is 7.98. The smallest absolute Gasteiger partial charge is 0.255 e. The highest BCUT2D eigenvalue weighted by Crippen LogP contribution is 2.23. The Morgan fingerprint density at radius 2 is 1.81 bits per heavy atom. The molecule has 2 aromatic heterocycles. The molecule has 1 amide bonds. The molecule has 0 saturated heterocycles. The topological polar surface area (TPSA) is 46.4 Å². The molecule has 0 bridgehead atoms. The van der Waals surface area contributed by atoms with E-state index in [1.807, 2.05) is 47.1 Å². The van der Waals surface area contributed by atoms with Gasteiger partial charge in [-0.1, -0.05) is 6.07 Å². The second kappa shape index (κ2) is 7.63. The molecule has 4 nitrogen and oxygen atoms in total. The molecular weight excluding hydrogens is 361 g/mol. The number of hydrogen-bond donors (Lipinski definition) is 1. The Balaban J connectivity index is 1.38. The van der Waals surface area contributed by atoms with E-state index in [9.17, 15) is 9.18 Å². The van der Waals surface area contributed by atoms with E-state index in [1.54, 1.807) is 23.9 Å². The molecule has 1 N–H and O–H groups in total. The normalized spacial score (nSPS) is 10.9. The molecule has 0 aliphatic carbocycles. The number of carbonyl (C=O) groups excluding carboxylic acids is 1. The monoisotopic (exact) mass is 377 g/mol. The molecule has 0 spiro atoms. The van der Waals surface area contributed by atoms with Crippen LogP contribution in [0.4, 0.5) is 10.1 Å². The first-order valence-electron chi connectivity index (χ1n) is 8.40. The minimum atomic E-state index is -0.333. The van der Waals surface area contributed by atoms with Crippen molar-refractivity contribution >= 4 is 29.0 Å². The molecule has 2 aromatic carbocycles. The van der Waals surface area contributed by atoms with Gasteiger partial charge in [0.25, 0.3) is 5.91 Å². The van der Waals surface area contributed by atoms with Crippen molar-refractivity contribution < 1.29 is 9.18 Å². The molecule has 0 unspecified atom stereocenters. The van der Waals surface area contributed by atoms with Crippen molar-refractivity contribution in [3.8, 4) is 0 Å². The van der Waals surface area contributed by atoms with Crippen LogP contribution < -0.4 is 5.32 Å². The number of amides is 1. The van der Waals surface area contributed by atoms with E-state index in [-0.39, 0.29) is 11.7 Å². The number of thioether (sulfide) groups is 1. The van der Waals surface area contributed by atoms with Crippen LogP contribution in [0.2, 0.25) is 0 Å². The molecule has 0 aliphatic heterocycles. The van der Waals surface area contributed by atoms with E-state index in [2.05, 4.69) is 10.3 Å². The van der Waals surface area contributed by atoms with E-state index in [0.717, 1.165) is 22.0 Å². The van der Waals surface area contributed by atoms with Gasteiger partial charge in [-0.2, -0.15) is 0 Å². The summed E-state index contributed by atoms with van der Waals surface area (Å²) in [5.74, 6) is 0.196. The molecule has 2 heterocycles. The van der Waals surface area contributed by atoms with Crippen LogP contribution in [-0.2, 0) is 5.75 Å². The van der Waals surface area contributed by atoms with Gasteiger partial charge in [-0.3, -0.25) is 4.79 Å². The maximum Gasteiger partial charge on any atom is 0.255 e. The van der Waals surface area contributed by atoms with Crippen LogP contribution in [0, 0.1) is 5.82 Å². The first-order chi connectivity index (χ1) is 13.2. The molecule has 0 aliphatic rings. The van der Waals surface area contributed by atoms with Gasteiger partial charge in [0.2, 0.25) is 0 Å². The highest BCUT2D eigenvalue weighted by Gasteiger charge is 2.07. The largest absolute Gasteiger partial charge is 0.322 e. The zero-order valence-corrected chi connectivity index (χ0v) is 15.1. The van der Waals surface area contributed by atoms with Crippen LogP contribution >= 0.6 is 11.8 Å². The van der Waals surface area contributed by atoms with E-state index < -0.39 is 0 Å². The lowest BCUT2D eigenvalue weighted by Crippen LogP contribution is -2.11. The summed E-state index contributed by atoms with van der Waals surface area (Å²) in [6.45, 7) is 0. The van der Waals surface area contributed by atoms with Gasteiger partial charge in [0, 0.05) is 34.3 Å². The fourth-order valence-corrected chi connectivity index (χ4v) is 3.44. The second-order valence-electron chi connectivity index (χ2n) is 5.97. The third-order valence-electron chi connectivity index (χ3n) is 4.02. The number of rotatable bonds is 5. The molecule has 0 radical (unpaired) electrons. The van der Waals surface area contributed by atoms with Crippen molar-refractivity contribution in [3.05, 3.63) is 96.2 Å². The van der Waals surface area contributed by atoms with Crippen molar-refractivity contribution in [3.63, 3.8) is 0 Å². The van der Waals surface area contributed by atoms with Crippen molar-refractivity contribution in [2.75, 3.05) is 5.32 Å². The molecule has 4 rings (SSSR count). The predicted molar refractivity (Wildman–Crippen MR) is 106 cm³/mol. The van der Waals surface area contributed by atoms with Gasteiger partial charge in [-0.05, 0) is 60.7 Å². The number of pyridine rings is 1. The van der Waals surface area contributed by atoms with Crippen LogP contribution in [-0.4, -0.2) is 15.3 Å². The first-order valence-corrected chi connectivity index (χ1v) is 9.38. The fourth-order valence-electron chi connectivity index (χ4n) is 2.65. The lowest BCUT2D eigenvalue weighted by Gasteiger charge is -2.06. The van der Waals surface area contributed by atoms with Gasteiger partial charge < -0.3 is 9.72 Å². The van der Waals surface area contributed by atoms with Gasteiger partial charge in [0.05, 0.1) is 5.69 Å². The fraction of sp³-hybridized carbons (Fsp3) is 0.0476. The number of fused-ring (bicyclic) bond motifs is 1. The van der Waals surface area contributed by atoms with Crippen molar-refractivity contribution in [2.45, 2.75) is 10.6 Å². The molecule has 27 heavy (non-hydrogen) atoms. The van der Waals surface area contributed by atoms with E-state index in [1.165, 1.54) is 24.3 Å². The van der Waals surface area contributed by atoms with Crippen LogP contribution in [0.5, 0.6) is 0 Å². The summed E-state index contributed by atoms with van der Waals surface area (Å²) < 4.78 is 14.9. The van der Waals surface area contributed by atoms with Crippen LogP contribution in [0.1, 0.15) is 16.1 Å². The number of imidazole rings is 1. The number of aromatic nitrogens is 2. The van der Waals surface area contributed by atoms with Crippen LogP contribution in [0.3, 0.4) is 0 Å². The maximum atomic E-state index is 12.9. The molecule has 4 aromatic rings. The number of anilines is 1. The Morgan fingerprint density at radius 1 is 1.04 bits per heavy atom. The van der Waals surface area contributed by atoms with Gasteiger partial charge in [0.15, 0.2) is 0 Å². The Hall–Kier alpha value is -3.12. The Morgan fingerprint density at radius 3 is 2.56 bits per heavy atom. The number of nitrogens with one attached hydrogen (secondary N) is 1. The number of nitrogens with zero attached hydrogens (tertiary/aromatic N) is 2. The van der Waals surface area contributed by atoms with E-state index >= 15 is 0 Å². The molecule has 0 fully saturated rings. The standard InChI is InChI=1S/C21H16FN3OS/c22-16-6-8-17(9-7-16)24-21(26)15-4-10-19(11-5-15)27-14-18-13-25-12-2-1-3-20(25)23-18/h1-13H,14H2,(H,24,26). The Kier molecular flexibility index (Phi) is 4.89. The summed E-state index contributed by atoms with van der Waals surface area (Å²) >= 11 is 1.67. The summed E-state index contributed by atoms with van der Waals surface area (Å²) in [6, 6.07) is 19.0. The summed E-state index contributed by atoms with van der Waals surface area (Å²) in [4.78, 5) is 17.9. The number of carbonyl (C=O) groups is 1. The third kappa shape index (κ3) is 4.17. The van der Waals surface area contributed by atoms with E-state index in [0.29, 0.717) is 11.3 Å². The number of hydrogen-bond acceptors (Lipinski definition) is 3. The van der Waals surface area contributed by atoms with Crippen molar-refractivity contribution in [1.29, 1.82) is 0 Å². The molecule has 6 heteroatoms. The summed E-state index contributed by atoms with van der Waals surface area (Å²) in [5.41, 5.74) is 3.05. The lowest BCUT2D eigenvalue weighted by atomic mass is 10.2. The molecule has 0 atom stereocenters. The SMILES string of the molecule is O=C(Nc1ccc(F)cc1)c1ccc(SCc2cn3ccccc3n2)cc1. The number of benzene rings is 2. The Bertz CT molecular complexity index is 1040. The van der Waals surface area contributed by atoms with Crippen LogP contribution in [0.25, 0.3) is 5.65 Å². The quantitative estimate of drug-likeness (QED) is 0.497. The highest BCUT2D eigenvalue weighted by atomic mass is 32.2. The summed E-state index contributed by atoms with van der Waals surface area (Å²) in [7, 11) is 0. The lowest BCUT2D eigenvalue weighted by molar-refractivity contribution is 0.102. The minimum absolute atomic E-state index is 0.224. The van der Waals surface area contributed by atoms with Gasteiger partial charge in [-0.25, -0.2) is 9.37 Å². The Labute approximate surface area is 160 Å². The van der Waals surface area contributed by atoms with Crippen molar-refractivity contribution in [1.82, 2.24) is 9.38 Å². The molecular formula is C21H16FN3OS. The van der Waals surface area contributed by atoms with Crippen LogP contribution in [0.15, 0.2) is 84.0 Å². The average Bonchev–Trinajstić information content (AvgIpc) is 3.11. The van der Waals surface area contributed by atoms with Gasteiger partial charge >= 0.3 is 0 Å². The third-order valence-corrected chi connectivity index (χ3v) is 5.06. The first kappa shape index (κ1) is 17.3. The molecule has 0 saturated carbocycles. The maximum absolute atomic E-state index is 12.9. The number of halogens is 1. The predicted octanol–water partition coefficient (Wildman–Crippen LogP) is 5.02. The summed E-state index contributed by atoms with van der Waals surface area (Å²) in [5, 5.41) is 2.75. The second-order valence-corrected chi connectivity index (χ2v) is 7.02. The van der Waals surface area contributed by atoms with Crippen molar-refractivity contribution in [2.24, 2.45) is 0 Å². The molecule has 134 valence electrons. The average molecular weight is 377 g/mol. The zero-order valence-electron chi connectivity index (χ0n) is 14.3. The van der Waals surface area contributed by atoms with Gasteiger partial charge in [-0.15, -0.1) is 11.8 Å². The van der Waals surface area contributed by atoms with Gasteiger partial charge in [0.1, 0.15) is 11.5 Å².